The number of nitrogens with zero attached hydrogens (tertiary/aromatic N) is 1. The smallest absolute Gasteiger partial charge is 0.118 e. The number of rotatable bonds is 5. The molecule has 4 atom stereocenters. The largest absolute Gasteiger partial charge is 0.497 e. The maximum atomic E-state index is 5.74. The van der Waals surface area contributed by atoms with Crippen LogP contribution in [0.15, 0.2) is 24.3 Å². The first kappa shape index (κ1) is 16.3. The van der Waals surface area contributed by atoms with Gasteiger partial charge in [-0.3, -0.25) is 4.90 Å². The van der Waals surface area contributed by atoms with E-state index in [1.54, 1.807) is 7.11 Å². The molecule has 1 aromatic carbocycles. The second-order valence-electron chi connectivity index (χ2n) is 5.97. The molecule has 0 bridgehead atoms. The van der Waals surface area contributed by atoms with Gasteiger partial charge in [0.25, 0.3) is 0 Å². The van der Waals surface area contributed by atoms with Crippen LogP contribution in [0.1, 0.15) is 32.4 Å². The van der Waals surface area contributed by atoms with Crippen LogP contribution in [0.5, 0.6) is 5.75 Å². The Balaban J connectivity index is 2.14. The number of methoxy groups -OCH3 is 1. The van der Waals surface area contributed by atoms with Crippen LogP contribution < -0.4 is 10.1 Å². The normalized spacial score (nSPS) is 26.3. The molecule has 2 rings (SSSR count). The Bertz CT molecular complexity index is 435. The number of benzene rings is 1. The second kappa shape index (κ2) is 7.25. The van der Waals surface area contributed by atoms with Gasteiger partial charge in [0.05, 0.1) is 19.8 Å². The molecule has 4 nitrogen and oxygen atoms in total. The lowest BCUT2D eigenvalue weighted by molar-refractivity contribution is -0.0683. The van der Waals surface area contributed by atoms with E-state index >= 15 is 0 Å². The van der Waals surface area contributed by atoms with Gasteiger partial charge >= 0.3 is 0 Å². The van der Waals surface area contributed by atoms with Gasteiger partial charge in [-0.1, -0.05) is 12.1 Å². The van der Waals surface area contributed by atoms with Gasteiger partial charge in [0.15, 0.2) is 0 Å². The van der Waals surface area contributed by atoms with E-state index in [1.165, 1.54) is 5.56 Å². The average molecular weight is 292 g/mol. The Kier molecular flexibility index (Phi) is 5.62. The van der Waals surface area contributed by atoms with E-state index in [0.717, 1.165) is 18.9 Å². The van der Waals surface area contributed by atoms with E-state index in [4.69, 9.17) is 9.47 Å². The van der Waals surface area contributed by atoms with Crippen LogP contribution >= 0.6 is 0 Å². The monoisotopic (exact) mass is 292 g/mol. The Morgan fingerprint density at radius 3 is 2.52 bits per heavy atom. The molecule has 0 saturated carbocycles. The van der Waals surface area contributed by atoms with Crippen LogP contribution in [0.3, 0.4) is 0 Å². The van der Waals surface area contributed by atoms with Crippen LogP contribution in [0.25, 0.3) is 0 Å². The fourth-order valence-corrected chi connectivity index (χ4v) is 3.19. The lowest BCUT2D eigenvalue weighted by Crippen LogP contribution is -2.54. The highest BCUT2D eigenvalue weighted by Gasteiger charge is 2.31. The summed E-state index contributed by atoms with van der Waals surface area (Å²) < 4.78 is 11.0. The number of ether oxygens (including phenoxy) is 2. The van der Waals surface area contributed by atoms with Crippen molar-refractivity contribution in [2.45, 2.75) is 45.0 Å². The molecule has 4 unspecified atom stereocenters. The molecule has 1 heterocycles. The summed E-state index contributed by atoms with van der Waals surface area (Å²) in [7, 11) is 3.73. The van der Waals surface area contributed by atoms with Crippen LogP contribution in [-0.2, 0) is 4.74 Å². The average Bonchev–Trinajstić information content (AvgIpc) is 2.51. The first-order valence-electron chi connectivity index (χ1n) is 7.75. The zero-order valence-electron chi connectivity index (χ0n) is 13.8. The van der Waals surface area contributed by atoms with Gasteiger partial charge in [0.1, 0.15) is 5.75 Å². The fraction of sp³-hybridized carbons (Fsp3) is 0.647. The predicted molar refractivity (Wildman–Crippen MR) is 85.8 cm³/mol. The first-order valence-corrected chi connectivity index (χ1v) is 7.75. The van der Waals surface area contributed by atoms with E-state index in [-0.39, 0.29) is 0 Å². The molecule has 1 aliphatic heterocycles. The van der Waals surface area contributed by atoms with E-state index in [2.05, 4.69) is 43.1 Å². The highest BCUT2D eigenvalue weighted by molar-refractivity contribution is 5.29. The number of likely N-dealkylation sites (N-methyl/N-ethyl adjacent to an activating group) is 1. The summed E-state index contributed by atoms with van der Waals surface area (Å²) in [4.78, 5) is 2.54. The summed E-state index contributed by atoms with van der Waals surface area (Å²) in [5, 5.41) is 3.46. The number of nitrogens with one attached hydrogen (secondary N) is 1. The van der Waals surface area contributed by atoms with Gasteiger partial charge in [0, 0.05) is 24.7 Å². The number of hydrogen-bond donors (Lipinski definition) is 1. The molecule has 1 saturated heterocycles. The Morgan fingerprint density at radius 1 is 1.29 bits per heavy atom. The standard InChI is InChI=1S/C17H28N2O2/c1-12-11-21-13(2)10-19(12)14(3)17(18-4)15-6-8-16(20-5)9-7-15/h6-9,12-14,17-18H,10-11H2,1-5H3. The lowest BCUT2D eigenvalue weighted by Gasteiger charge is -2.43. The third-order valence-electron chi connectivity index (χ3n) is 4.45. The van der Waals surface area contributed by atoms with Crippen LogP contribution in [0.2, 0.25) is 0 Å². The topological polar surface area (TPSA) is 33.7 Å². The van der Waals surface area contributed by atoms with Gasteiger partial charge in [0.2, 0.25) is 0 Å². The predicted octanol–water partition coefficient (Wildman–Crippen LogP) is 2.45. The Hall–Kier alpha value is -1.10. The minimum atomic E-state index is 0.295. The highest BCUT2D eigenvalue weighted by atomic mass is 16.5. The highest BCUT2D eigenvalue weighted by Crippen LogP contribution is 2.26. The van der Waals surface area contributed by atoms with E-state index in [1.807, 2.05) is 19.2 Å². The molecular formula is C17H28N2O2. The van der Waals surface area contributed by atoms with Gasteiger partial charge < -0.3 is 14.8 Å². The SMILES string of the molecule is CNC(c1ccc(OC)cc1)C(C)N1CC(C)OCC1C. The van der Waals surface area contributed by atoms with E-state index < -0.39 is 0 Å². The zero-order chi connectivity index (χ0) is 15.4. The molecule has 0 radical (unpaired) electrons. The molecule has 1 aliphatic rings. The third kappa shape index (κ3) is 3.76. The molecule has 0 amide bonds. The van der Waals surface area contributed by atoms with Crippen molar-refractivity contribution in [1.29, 1.82) is 0 Å². The third-order valence-corrected chi connectivity index (χ3v) is 4.45. The van der Waals surface area contributed by atoms with Crippen LogP contribution in [-0.4, -0.2) is 50.4 Å². The van der Waals surface area contributed by atoms with E-state index in [0.29, 0.717) is 24.2 Å². The van der Waals surface area contributed by atoms with Crippen LogP contribution in [0, 0.1) is 0 Å². The minimum absolute atomic E-state index is 0.295. The maximum Gasteiger partial charge on any atom is 0.118 e. The molecule has 1 N–H and O–H groups in total. The number of morpholine rings is 1. The summed E-state index contributed by atoms with van der Waals surface area (Å²) in [6.07, 6.45) is 0.303. The van der Waals surface area contributed by atoms with Crippen molar-refractivity contribution >= 4 is 0 Å². The summed E-state index contributed by atoms with van der Waals surface area (Å²) in [6, 6.07) is 9.49. The van der Waals surface area contributed by atoms with Crippen LogP contribution in [0.4, 0.5) is 0 Å². The quantitative estimate of drug-likeness (QED) is 0.904. The van der Waals surface area contributed by atoms with Crippen molar-refractivity contribution in [1.82, 2.24) is 10.2 Å². The summed E-state index contributed by atoms with van der Waals surface area (Å²) in [5.74, 6) is 0.898. The maximum absolute atomic E-state index is 5.74. The van der Waals surface area contributed by atoms with E-state index in [9.17, 15) is 0 Å². The summed E-state index contributed by atoms with van der Waals surface area (Å²) in [5.41, 5.74) is 1.29. The molecule has 0 spiro atoms. The van der Waals surface area contributed by atoms with Crippen molar-refractivity contribution in [3.05, 3.63) is 29.8 Å². The van der Waals surface area contributed by atoms with Gasteiger partial charge in [-0.2, -0.15) is 0 Å². The summed E-state index contributed by atoms with van der Waals surface area (Å²) in [6.45, 7) is 8.47. The second-order valence-corrected chi connectivity index (χ2v) is 5.97. The molecular weight excluding hydrogens is 264 g/mol. The van der Waals surface area contributed by atoms with Crippen molar-refractivity contribution in [2.24, 2.45) is 0 Å². The molecule has 1 aromatic rings. The Morgan fingerprint density at radius 2 is 1.95 bits per heavy atom. The lowest BCUT2D eigenvalue weighted by atomic mass is 9.97. The van der Waals surface area contributed by atoms with Gasteiger partial charge in [-0.05, 0) is 45.5 Å². The molecule has 0 aromatic heterocycles. The van der Waals surface area contributed by atoms with Crippen molar-refractivity contribution in [3.8, 4) is 5.75 Å². The molecule has 1 fully saturated rings. The zero-order valence-corrected chi connectivity index (χ0v) is 13.8. The molecule has 0 aliphatic carbocycles. The number of hydrogen-bond acceptors (Lipinski definition) is 4. The van der Waals surface area contributed by atoms with Crippen molar-refractivity contribution in [2.75, 3.05) is 27.3 Å². The Labute approximate surface area is 128 Å². The van der Waals surface area contributed by atoms with Crippen molar-refractivity contribution < 1.29 is 9.47 Å². The fourth-order valence-electron chi connectivity index (χ4n) is 3.19. The van der Waals surface area contributed by atoms with Gasteiger partial charge in [-0.25, -0.2) is 0 Å². The summed E-state index contributed by atoms with van der Waals surface area (Å²) >= 11 is 0. The first-order chi connectivity index (χ1) is 10.1. The molecule has 4 heteroatoms. The molecule has 21 heavy (non-hydrogen) atoms. The van der Waals surface area contributed by atoms with Crippen molar-refractivity contribution in [3.63, 3.8) is 0 Å². The minimum Gasteiger partial charge on any atom is -0.497 e. The molecule has 118 valence electrons. The van der Waals surface area contributed by atoms with Gasteiger partial charge in [-0.15, -0.1) is 0 Å².